The summed E-state index contributed by atoms with van der Waals surface area (Å²) in [5.41, 5.74) is 5.93. The molecular formula is C24H25N3O3S. The van der Waals surface area contributed by atoms with Gasteiger partial charge < -0.3 is 15.0 Å². The maximum Gasteiger partial charge on any atom is 0.231 e. The molecule has 1 unspecified atom stereocenters. The average molecular weight is 436 g/mol. The zero-order valence-corrected chi connectivity index (χ0v) is 18.9. The molecule has 1 N–H and O–H groups in total. The standard InChI is InChI=1S/C24H25N3O3S/c1-14-5-7-16(3)18(9-14)19-13-31-24(25-19)26-23(29)17-11-22(28)27(12-17)20-10-15(2)6-8-21(20)30-4/h5-10,13,17H,11-12H2,1-4H3,(H,25,26,29). The summed E-state index contributed by atoms with van der Waals surface area (Å²) in [5.74, 6) is -0.0903. The molecule has 0 bridgehead atoms. The molecule has 2 aromatic carbocycles. The summed E-state index contributed by atoms with van der Waals surface area (Å²) in [6, 6.07) is 11.9. The van der Waals surface area contributed by atoms with E-state index in [4.69, 9.17) is 4.74 Å². The van der Waals surface area contributed by atoms with Crippen molar-refractivity contribution in [2.24, 2.45) is 5.92 Å². The first kappa shape index (κ1) is 21.1. The summed E-state index contributed by atoms with van der Waals surface area (Å²) in [4.78, 5) is 31.8. The summed E-state index contributed by atoms with van der Waals surface area (Å²) < 4.78 is 5.41. The molecule has 31 heavy (non-hydrogen) atoms. The maximum absolute atomic E-state index is 12.9. The number of nitrogens with zero attached hydrogens (tertiary/aromatic N) is 2. The fraction of sp³-hybridized carbons (Fsp3) is 0.292. The third-order valence-electron chi connectivity index (χ3n) is 5.52. The maximum atomic E-state index is 12.9. The van der Waals surface area contributed by atoms with Crippen molar-refractivity contribution in [3.05, 3.63) is 58.5 Å². The van der Waals surface area contributed by atoms with Gasteiger partial charge in [0.05, 0.1) is 24.4 Å². The SMILES string of the molecule is COc1ccc(C)cc1N1CC(C(=O)Nc2nc(-c3cc(C)ccc3C)cs2)CC1=O. The van der Waals surface area contributed by atoms with Crippen LogP contribution in [0.5, 0.6) is 5.75 Å². The summed E-state index contributed by atoms with van der Waals surface area (Å²) in [5, 5.41) is 5.39. The Morgan fingerprint density at radius 3 is 2.68 bits per heavy atom. The van der Waals surface area contributed by atoms with Crippen LogP contribution >= 0.6 is 11.3 Å². The van der Waals surface area contributed by atoms with Gasteiger partial charge in [-0.05, 0) is 50.1 Å². The number of carbonyl (C=O) groups excluding carboxylic acids is 2. The van der Waals surface area contributed by atoms with Crippen molar-refractivity contribution in [3.8, 4) is 17.0 Å². The van der Waals surface area contributed by atoms with E-state index in [0.717, 1.165) is 27.9 Å². The Balaban J connectivity index is 1.48. The number of benzene rings is 2. The molecular weight excluding hydrogens is 410 g/mol. The molecule has 1 saturated heterocycles. The molecule has 2 heterocycles. The molecule has 0 spiro atoms. The Bertz CT molecular complexity index is 1150. The van der Waals surface area contributed by atoms with Gasteiger partial charge in [-0.3, -0.25) is 9.59 Å². The first-order valence-corrected chi connectivity index (χ1v) is 11.0. The minimum absolute atomic E-state index is 0.0840. The van der Waals surface area contributed by atoms with Gasteiger partial charge in [0.15, 0.2) is 5.13 Å². The third-order valence-corrected chi connectivity index (χ3v) is 6.28. The van der Waals surface area contributed by atoms with Gasteiger partial charge in [-0.15, -0.1) is 11.3 Å². The number of hydrogen-bond acceptors (Lipinski definition) is 5. The van der Waals surface area contributed by atoms with Crippen molar-refractivity contribution in [1.82, 2.24) is 4.98 Å². The first-order chi connectivity index (χ1) is 14.9. The van der Waals surface area contributed by atoms with Crippen molar-refractivity contribution in [3.63, 3.8) is 0 Å². The van der Waals surface area contributed by atoms with E-state index in [-0.39, 0.29) is 18.2 Å². The van der Waals surface area contributed by atoms with Crippen LogP contribution < -0.4 is 15.0 Å². The molecule has 1 fully saturated rings. The second-order valence-corrected chi connectivity index (χ2v) is 8.78. The highest BCUT2D eigenvalue weighted by atomic mass is 32.1. The van der Waals surface area contributed by atoms with Crippen LogP contribution in [0.15, 0.2) is 41.8 Å². The summed E-state index contributed by atoms with van der Waals surface area (Å²) >= 11 is 1.39. The van der Waals surface area contributed by atoms with Crippen LogP contribution in [0, 0.1) is 26.7 Å². The van der Waals surface area contributed by atoms with Crippen LogP contribution in [-0.2, 0) is 9.59 Å². The molecule has 1 aromatic heterocycles. The van der Waals surface area contributed by atoms with Crippen LogP contribution in [0.1, 0.15) is 23.1 Å². The lowest BCUT2D eigenvalue weighted by molar-refractivity contribution is -0.122. The number of hydrogen-bond donors (Lipinski definition) is 1. The number of nitrogens with one attached hydrogen (secondary N) is 1. The number of rotatable bonds is 5. The predicted molar refractivity (Wildman–Crippen MR) is 124 cm³/mol. The zero-order valence-electron chi connectivity index (χ0n) is 18.1. The Kier molecular flexibility index (Phi) is 5.78. The molecule has 2 amide bonds. The molecule has 0 saturated carbocycles. The molecule has 1 atom stereocenters. The van der Waals surface area contributed by atoms with E-state index in [9.17, 15) is 9.59 Å². The number of amides is 2. The second kappa shape index (κ2) is 8.51. The minimum Gasteiger partial charge on any atom is -0.495 e. The number of aryl methyl sites for hydroxylation is 3. The largest absolute Gasteiger partial charge is 0.495 e. The van der Waals surface area contributed by atoms with Crippen LogP contribution in [0.4, 0.5) is 10.8 Å². The van der Waals surface area contributed by atoms with Gasteiger partial charge in [0, 0.05) is 23.9 Å². The number of ether oxygens (including phenoxy) is 1. The molecule has 7 heteroatoms. The van der Waals surface area contributed by atoms with Crippen molar-refractivity contribution >= 4 is 34.0 Å². The molecule has 1 aliphatic heterocycles. The van der Waals surface area contributed by atoms with E-state index in [1.54, 1.807) is 12.0 Å². The Labute approximate surface area is 185 Å². The fourth-order valence-electron chi connectivity index (χ4n) is 3.80. The summed E-state index contributed by atoms with van der Waals surface area (Å²) in [6.07, 6.45) is 0.165. The lowest BCUT2D eigenvalue weighted by atomic mass is 10.0. The molecule has 3 aromatic rings. The van der Waals surface area contributed by atoms with Crippen molar-refractivity contribution < 1.29 is 14.3 Å². The number of carbonyl (C=O) groups is 2. The van der Waals surface area contributed by atoms with Crippen molar-refractivity contribution in [2.45, 2.75) is 27.2 Å². The monoisotopic (exact) mass is 435 g/mol. The van der Waals surface area contributed by atoms with Gasteiger partial charge in [0.2, 0.25) is 11.8 Å². The average Bonchev–Trinajstić information content (AvgIpc) is 3.36. The molecule has 1 aliphatic rings. The van der Waals surface area contributed by atoms with Crippen LogP contribution in [0.3, 0.4) is 0 Å². The third kappa shape index (κ3) is 4.32. The van der Waals surface area contributed by atoms with Crippen LogP contribution in [0.25, 0.3) is 11.3 Å². The quantitative estimate of drug-likeness (QED) is 0.629. The molecule has 0 radical (unpaired) electrons. The normalized spacial score (nSPS) is 15.9. The Morgan fingerprint density at radius 2 is 1.90 bits per heavy atom. The smallest absolute Gasteiger partial charge is 0.231 e. The van der Waals surface area contributed by atoms with Crippen LogP contribution in [0.2, 0.25) is 0 Å². The number of aromatic nitrogens is 1. The van der Waals surface area contributed by atoms with Crippen LogP contribution in [-0.4, -0.2) is 30.5 Å². The summed E-state index contributed by atoms with van der Waals surface area (Å²) in [7, 11) is 1.58. The van der Waals surface area contributed by atoms with E-state index in [0.29, 0.717) is 23.1 Å². The van der Waals surface area contributed by atoms with E-state index in [2.05, 4.69) is 28.5 Å². The highest BCUT2D eigenvalue weighted by Gasteiger charge is 2.36. The van der Waals surface area contributed by atoms with Crippen molar-refractivity contribution in [2.75, 3.05) is 23.9 Å². The highest BCUT2D eigenvalue weighted by molar-refractivity contribution is 7.14. The summed E-state index contributed by atoms with van der Waals surface area (Å²) in [6.45, 7) is 6.37. The van der Waals surface area contributed by atoms with Gasteiger partial charge in [0.1, 0.15) is 5.75 Å². The van der Waals surface area contributed by atoms with Gasteiger partial charge in [-0.25, -0.2) is 4.98 Å². The van der Waals surface area contributed by atoms with Crippen molar-refractivity contribution in [1.29, 1.82) is 0 Å². The lowest BCUT2D eigenvalue weighted by Crippen LogP contribution is -2.28. The van der Waals surface area contributed by atoms with E-state index in [1.807, 2.05) is 44.4 Å². The Morgan fingerprint density at radius 1 is 1.16 bits per heavy atom. The number of methoxy groups -OCH3 is 1. The molecule has 6 nitrogen and oxygen atoms in total. The topological polar surface area (TPSA) is 71.5 Å². The highest BCUT2D eigenvalue weighted by Crippen LogP contribution is 2.34. The molecule has 160 valence electrons. The molecule has 0 aliphatic carbocycles. The second-order valence-electron chi connectivity index (χ2n) is 7.93. The minimum atomic E-state index is -0.439. The Hall–Kier alpha value is -3.19. The fourth-order valence-corrected chi connectivity index (χ4v) is 4.51. The first-order valence-electron chi connectivity index (χ1n) is 10.1. The van der Waals surface area contributed by atoms with Gasteiger partial charge >= 0.3 is 0 Å². The van der Waals surface area contributed by atoms with Gasteiger partial charge in [0.25, 0.3) is 0 Å². The number of anilines is 2. The van der Waals surface area contributed by atoms with Gasteiger partial charge in [-0.2, -0.15) is 0 Å². The zero-order chi connectivity index (χ0) is 22.1. The van der Waals surface area contributed by atoms with E-state index in [1.165, 1.54) is 11.3 Å². The number of thiazole rings is 1. The van der Waals surface area contributed by atoms with Gasteiger partial charge in [-0.1, -0.05) is 23.8 Å². The lowest BCUT2D eigenvalue weighted by Gasteiger charge is -2.20. The predicted octanol–water partition coefficient (Wildman–Crippen LogP) is 4.74. The molecule has 4 rings (SSSR count). The van der Waals surface area contributed by atoms with E-state index >= 15 is 0 Å². The van der Waals surface area contributed by atoms with E-state index < -0.39 is 5.92 Å².